The zero-order chi connectivity index (χ0) is 5.11. The van der Waals surface area contributed by atoms with E-state index < -0.39 is 0 Å². The second-order valence-corrected chi connectivity index (χ2v) is 2.21. The van der Waals surface area contributed by atoms with Crippen molar-refractivity contribution in [3.05, 3.63) is 34.8 Å². The fourth-order valence-corrected chi connectivity index (χ4v) is 0.720. The summed E-state index contributed by atoms with van der Waals surface area (Å²) in [5.41, 5.74) is 0. The second-order valence-electron chi connectivity index (χ2n) is 1.30. The number of benzene rings is 1. The van der Waals surface area contributed by atoms with Crippen LogP contribution in [0.4, 0.5) is 0 Å². The van der Waals surface area contributed by atoms with Crippen LogP contribution in [-0.4, -0.2) is 0 Å². The van der Waals surface area contributed by atoms with Gasteiger partial charge in [-0.25, -0.2) is 0 Å². The van der Waals surface area contributed by atoms with Gasteiger partial charge in [0, 0.05) is 21.5 Å². The Morgan fingerprint density at radius 1 is 1.00 bits per heavy atom. The summed E-state index contributed by atoms with van der Waals surface area (Å²) in [6.45, 7) is 0. The normalized spacial score (nSPS) is 7.62. The average Bonchev–Trinajstić information content (AvgIpc) is 1.69. The molecule has 0 saturated heterocycles. The van der Waals surface area contributed by atoms with Gasteiger partial charge >= 0.3 is 0 Å². The Balaban J connectivity index is 0.000000490. The molecule has 44 valence electrons. The average molecular weight is 213 g/mol. The van der Waals surface area contributed by atoms with Crippen LogP contribution >= 0.6 is 15.9 Å². The molecule has 0 amide bonds. The van der Waals surface area contributed by atoms with Crippen LogP contribution in [0.25, 0.3) is 0 Å². The Kier molecular flexibility index (Phi) is 4.25. The molecule has 1 aromatic rings. The molecule has 0 saturated carbocycles. The number of hydrogen-bond acceptors (Lipinski definition) is 0. The smallest absolute Gasteiger partial charge is 0.0175 e. The van der Waals surface area contributed by atoms with Gasteiger partial charge in [-0.05, 0) is 12.1 Å². The summed E-state index contributed by atoms with van der Waals surface area (Å²) in [4.78, 5) is 0. The van der Waals surface area contributed by atoms with Crippen LogP contribution in [0.3, 0.4) is 0 Å². The van der Waals surface area contributed by atoms with Crippen molar-refractivity contribution in [2.24, 2.45) is 0 Å². The van der Waals surface area contributed by atoms with Crippen molar-refractivity contribution < 1.29 is 17.1 Å². The molecule has 0 aliphatic rings. The molecular formula is C6H5BrFe. The summed E-state index contributed by atoms with van der Waals surface area (Å²) in [7, 11) is 0. The summed E-state index contributed by atoms with van der Waals surface area (Å²) in [6.07, 6.45) is 0. The van der Waals surface area contributed by atoms with Crippen molar-refractivity contribution in [1.29, 1.82) is 0 Å². The molecule has 0 spiro atoms. The van der Waals surface area contributed by atoms with Crippen LogP contribution in [0.2, 0.25) is 0 Å². The first kappa shape index (κ1) is 8.22. The summed E-state index contributed by atoms with van der Waals surface area (Å²) in [5, 5.41) is 0. The van der Waals surface area contributed by atoms with Gasteiger partial charge in [-0.2, -0.15) is 0 Å². The molecule has 0 fully saturated rings. The van der Waals surface area contributed by atoms with Gasteiger partial charge in [0.05, 0.1) is 0 Å². The van der Waals surface area contributed by atoms with Crippen LogP contribution < -0.4 is 0 Å². The Hall–Kier alpha value is 0.219. The summed E-state index contributed by atoms with van der Waals surface area (Å²) in [5.74, 6) is 0. The van der Waals surface area contributed by atoms with Crippen molar-refractivity contribution in [3.8, 4) is 0 Å². The van der Waals surface area contributed by atoms with Gasteiger partial charge in [-0.3, -0.25) is 0 Å². The first-order valence-corrected chi connectivity index (χ1v) is 2.89. The molecular weight excluding hydrogens is 208 g/mol. The van der Waals surface area contributed by atoms with E-state index in [1.165, 1.54) is 0 Å². The van der Waals surface area contributed by atoms with Gasteiger partial charge in [0.25, 0.3) is 0 Å². The summed E-state index contributed by atoms with van der Waals surface area (Å²) < 4.78 is 1.13. The topological polar surface area (TPSA) is 0 Å². The first-order valence-electron chi connectivity index (χ1n) is 2.10. The standard InChI is InChI=1S/C6H5Br.Fe/c7-6-4-2-1-3-5-6;/h1-5H;. The third-order valence-corrected chi connectivity index (χ3v) is 1.26. The van der Waals surface area contributed by atoms with Crippen LogP contribution in [0.15, 0.2) is 34.8 Å². The summed E-state index contributed by atoms with van der Waals surface area (Å²) in [6, 6.07) is 9.97. The molecule has 0 radical (unpaired) electrons. The molecule has 0 aliphatic carbocycles. The molecule has 0 aliphatic heterocycles. The van der Waals surface area contributed by atoms with E-state index in [0.29, 0.717) is 0 Å². The predicted molar refractivity (Wildman–Crippen MR) is 34.1 cm³/mol. The minimum atomic E-state index is 0. The molecule has 8 heavy (non-hydrogen) atoms. The van der Waals surface area contributed by atoms with Crippen LogP contribution in [0, 0.1) is 0 Å². The van der Waals surface area contributed by atoms with E-state index in [2.05, 4.69) is 15.9 Å². The van der Waals surface area contributed by atoms with E-state index in [4.69, 9.17) is 0 Å². The molecule has 0 heterocycles. The fraction of sp³-hybridized carbons (Fsp3) is 0. The van der Waals surface area contributed by atoms with Gasteiger partial charge in [0.15, 0.2) is 0 Å². The van der Waals surface area contributed by atoms with E-state index >= 15 is 0 Å². The van der Waals surface area contributed by atoms with Crippen molar-refractivity contribution in [2.75, 3.05) is 0 Å². The minimum absolute atomic E-state index is 0. The van der Waals surface area contributed by atoms with Gasteiger partial charge in [-0.1, -0.05) is 34.1 Å². The molecule has 0 N–H and O–H groups in total. The van der Waals surface area contributed by atoms with Crippen molar-refractivity contribution >= 4 is 15.9 Å². The first-order chi connectivity index (χ1) is 3.39. The monoisotopic (exact) mass is 212 g/mol. The maximum Gasteiger partial charge on any atom is 0.0175 e. The van der Waals surface area contributed by atoms with Crippen molar-refractivity contribution in [1.82, 2.24) is 0 Å². The van der Waals surface area contributed by atoms with Crippen molar-refractivity contribution in [2.45, 2.75) is 0 Å². The Bertz CT molecular complexity index is 138. The van der Waals surface area contributed by atoms with E-state index in [1.807, 2.05) is 30.3 Å². The van der Waals surface area contributed by atoms with Crippen LogP contribution in [0.5, 0.6) is 0 Å². The molecule has 0 unspecified atom stereocenters. The summed E-state index contributed by atoms with van der Waals surface area (Å²) >= 11 is 3.31. The molecule has 0 aromatic heterocycles. The maximum atomic E-state index is 3.31. The van der Waals surface area contributed by atoms with Crippen LogP contribution in [0.1, 0.15) is 0 Å². The maximum absolute atomic E-state index is 3.31. The fourth-order valence-electron chi connectivity index (χ4n) is 0.415. The molecule has 1 aromatic carbocycles. The van der Waals surface area contributed by atoms with E-state index in [-0.39, 0.29) is 17.1 Å². The molecule has 0 bridgehead atoms. The number of hydrogen-bond donors (Lipinski definition) is 0. The largest absolute Gasteiger partial charge is 0.0622 e. The Morgan fingerprint density at radius 2 is 1.50 bits per heavy atom. The van der Waals surface area contributed by atoms with Gasteiger partial charge in [0.2, 0.25) is 0 Å². The molecule has 0 atom stereocenters. The predicted octanol–water partition coefficient (Wildman–Crippen LogP) is 2.45. The van der Waals surface area contributed by atoms with E-state index in [0.717, 1.165) is 4.47 Å². The minimum Gasteiger partial charge on any atom is -0.0622 e. The Labute approximate surface area is 67.9 Å². The zero-order valence-corrected chi connectivity index (χ0v) is 6.81. The Morgan fingerprint density at radius 3 is 1.75 bits per heavy atom. The van der Waals surface area contributed by atoms with Gasteiger partial charge < -0.3 is 0 Å². The SMILES string of the molecule is Brc1ccccc1.[Fe]. The second kappa shape index (κ2) is 4.13. The molecule has 2 heteroatoms. The van der Waals surface area contributed by atoms with Crippen LogP contribution in [-0.2, 0) is 17.1 Å². The third kappa shape index (κ3) is 2.51. The van der Waals surface area contributed by atoms with E-state index in [9.17, 15) is 0 Å². The number of rotatable bonds is 0. The van der Waals surface area contributed by atoms with Crippen molar-refractivity contribution in [3.63, 3.8) is 0 Å². The molecule has 1 rings (SSSR count). The zero-order valence-electron chi connectivity index (χ0n) is 4.12. The number of halogens is 1. The third-order valence-electron chi connectivity index (χ3n) is 0.733. The molecule has 0 nitrogen and oxygen atoms in total. The van der Waals surface area contributed by atoms with E-state index in [1.54, 1.807) is 0 Å². The van der Waals surface area contributed by atoms with Gasteiger partial charge in [0.1, 0.15) is 0 Å². The van der Waals surface area contributed by atoms with Gasteiger partial charge in [-0.15, -0.1) is 0 Å². The quantitative estimate of drug-likeness (QED) is 0.580.